The minimum absolute atomic E-state index is 0.314. The molecule has 106 valence electrons. The van der Waals surface area contributed by atoms with Crippen LogP contribution < -0.4 is 11.1 Å². The largest absolute Gasteiger partial charge is 0.368 e. The zero-order valence-electron chi connectivity index (χ0n) is 12.0. The maximum absolute atomic E-state index is 11.9. The summed E-state index contributed by atoms with van der Waals surface area (Å²) in [4.78, 5) is 11.9. The number of nitrogens with one attached hydrogen (secondary N) is 1. The Morgan fingerprint density at radius 2 is 2.00 bits per heavy atom. The van der Waals surface area contributed by atoms with Gasteiger partial charge in [0.1, 0.15) is 5.54 Å². The standard InChI is InChI=1S/C15H24N2OS/c1-12(2)11-19-10-9-15(17-3,14(16)18)13-7-5-4-6-8-13/h4-8,12,17H,9-11H2,1-3H3,(H2,16,18). The van der Waals surface area contributed by atoms with Crippen molar-refractivity contribution in [3.63, 3.8) is 0 Å². The molecule has 1 atom stereocenters. The van der Waals surface area contributed by atoms with Crippen molar-refractivity contribution >= 4 is 17.7 Å². The number of primary amides is 1. The molecule has 0 fully saturated rings. The van der Waals surface area contributed by atoms with E-state index in [0.717, 1.165) is 17.1 Å². The summed E-state index contributed by atoms with van der Waals surface area (Å²) in [6.07, 6.45) is 0.709. The Morgan fingerprint density at radius 1 is 1.37 bits per heavy atom. The van der Waals surface area contributed by atoms with E-state index in [2.05, 4.69) is 19.2 Å². The van der Waals surface area contributed by atoms with E-state index in [1.54, 1.807) is 7.05 Å². The fourth-order valence-corrected chi connectivity index (χ4v) is 3.16. The van der Waals surface area contributed by atoms with Crippen molar-refractivity contribution in [2.75, 3.05) is 18.6 Å². The minimum atomic E-state index is -0.759. The fraction of sp³-hybridized carbons (Fsp3) is 0.533. The lowest BCUT2D eigenvalue weighted by Crippen LogP contribution is -2.51. The van der Waals surface area contributed by atoms with Crippen LogP contribution in [0, 0.1) is 5.92 Å². The topological polar surface area (TPSA) is 55.1 Å². The average Bonchev–Trinajstić information content (AvgIpc) is 2.39. The number of carbonyl (C=O) groups excluding carboxylic acids is 1. The number of hydrogen-bond donors (Lipinski definition) is 2. The van der Waals surface area contributed by atoms with Crippen molar-refractivity contribution in [3.8, 4) is 0 Å². The smallest absolute Gasteiger partial charge is 0.242 e. The van der Waals surface area contributed by atoms with Crippen molar-refractivity contribution in [3.05, 3.63) is 35.9 Å². The van der Waals surface area contributed by atoms with Crippen LogP contribution in [-0.4, -0.2) is 24.5 Å². The molecule has 0 saturated heterocycles. The minimum Gasteiger partial charge on any atom is -0.368 e. The van der Waals surface area contributed by atoms with Crippen LogP contribution in [-0.2, 0) is 10.3 Å². The molecule has 0 aliphatic rings. The normalized spacial score (nSPS) is 14.3. The van der Waals surface area contributed by atoms with Crippen LogP contribution in [0.2, 0.25) is 0 Å². The second-order valence-corrected chi connectivity index (χ2v) is 6.25. The van der Waals surface area contributed by atoms with Crippen LogP contribution in [0.3, 0.4) is 0 Å². The first-order valence-electron chi connectivity index (χ1n) is 6.65. The molecular formula is C15H24N2OS. The summed E-state index contributed by atoms with van der Waals surface area (Å²) in [7, 11) is 1.80. The van der Waals surface area contributed by atoms with Crippen LogP contribution in [0.4, 0.5) is 0 Å². The van der Waals surface area contributed by atoms with E-state index in [4.69, 9.17) is 5.73 Å². The van der Waals surface area contributed by atoms with Gasteiger partial charge in [-0.05, 0) is 36.5 Å². The van der Waals surface area contributed by atoms with Gasteiger partial charge in [0.2, 0.25) is 5.91 Å². The lowest BCUT2D eigenvalue weighted by atomic mass is 9.86. The Labute approximate surface area is 120 Å². The predicted molar refractivity (Wildman–Crippen MR) is 83.2 cm³/mol. The molecule has 0 bridgehead atoms. The maximum Gasteiger partial charge on any atom is 0.242 e. The quantitative estimate of drug-likeness (QED) is 0.719. The summed E-state index contributed by atoms with van der Waals surface area (Å²) in [6, 6.07) is 9.72. The number of benzene rings is 1. The van der Waals surface area contributed by atoms with Crippen LogP contribution in [0.15, 0.2) is 30.3 Å². The molecule has 3 nitrogen and oxygen atoms in total. The molecule has 1 unspecified atom stereocenters. The van der Waals surface area contributed by atoms with Crippen LogP contribution >= 0.6 is 11.8 Å². The summed E-state index contributed by atoms with van der Waals surface area (Å²) in [5, 5.41) is 3.13. The van der Waals surface area contributed by atoms with E-state index in [-0.39, 0.29) is 5.91 Å². The van der Waals surface area contributed by atoms with Crippen molar-refractivity contribution in [2.24, 2.45) is 11.7 Å². The highest BCUT2D eigenvalue weighted by Gasteiger charge is 2.36. The molecule has 0 aromatic heterocycles. The van der Waals surface area contributed by atoms with Gasteiger partial charge in [0.05, 0.1) is 0 Å². The molecule has 1 aromatic carbocycles. The number of nitrogens with two attached hydrogens (primary N) is 1. The number of thioether (sulfide) groups is 1. The van der Waals surface area contributed by atoms with Crippen LogP contribution in [0.1, 0.15) is 25.8 Å². The number of likely N-dealkylation sites (N-methyl/N-ethyl adjacent to an activating group) is 1. The molecule has 4 heteroatoms. The summed E-state index contributed by atoms with van der Waals surface area (Å²) in [5.74, 6) is 2.37. The number of rotatable bonds is 8. The molecule has 0 aliphatic heterocycles. The number of amides is 1. The van der Waals surface area contributed by atoms with E-state index in [0.29, 0.717) is 12.3 Å². The van der Waals surface area contributed by atoms with Gasteiger partial charge in [-0.25, -0.2) is 0 Å². The Balaban J connectivity index is 2.80. The van der Waals surface area contributed by atoms with Crippen molar-refractivity contribution in [1.29, 1.82) is 0 Å². The summed E-state index contributed by atoms with van der Waals surface area (Å²) in [6.45, 7) is 4.40. The third kappa shape index (κ3) is 4.25. The second-order valence-electron chi connectivity index (χ2n) is 5.10. The number of carbonyl (C=O) groups is 1. The van der Waals surface area contributed by atoms with Gasteiger partial charge < -0.3 is 11.1 Å². The Bertz CT molecular complexity index is 394. The van der Waals surface area contributed by atoms with Gasteiger partial charge >= 0.3 is 0 Å². The first-order chi connectivity index (χ1) is 9.03. The predicted octanol–water partition coefficient (Wildman–Crippen LogP) is 2.37. The van der Waals surface area contributed by atoms with Gasteiger partial charge in [0, 0.05) is 0 Å². The SMILES string of the molecule is CNC(CCSCC(C)C)(C(N)=O)c1ccccc1. The summed E-state index contributed by atoms with van der Waals surface area (Å²) >= 11 is 1.87. The Hall–Kier alpha value is -1.00. The Morgan fingerprint density at radius 3 is 2.47 bits per heavy atom. The van der Waals surface area contributed by atoms with Gasteiger partial charge in [0.15, 0.2) is 0 Å². The molecule has 0 heterocycles. The zero-order valence-corrected chi connectivity index (χ0v) is 12.8. The van der Waals surface area contributed by atoms with Gasteiger partial charge in [-0.15, -0.1) is 0 Å². The van der Waals surface area contributed by atoms with Crippen molar-refractivity contribution in [2.45, 2.75) is 25.8 Å². The molecule has 0 radical (unpaired) electrons. The monoisotopic (exact) mass is 280 g/mol. The van der Waals surface area contributed by atoms with Gasteiger partial charge in [-0.2, -0.15) is 11.8 Å². The highest BCUT2D eigenvalue weighted by atomic mass is 32.2. The van der Waals surface area contributed by atoms with Gasteiger partial charge in [-0.1, -0.05) is 44.2 Å². The molecule has 3 N–H and O–H groups in total. The van der Waals surface area contributed by atoms with Crippen LogP contribution in [0.5, 0.6) is 0 Å². The molecule has 1 rings (SSSR count). The second kappa shape index (κ2) is 7.56. The van der Waals surface area contributed by atoms with Crippen LogP contribution in [0.25, 0.3) is 0 Å². The molecule has 0 saturated carbocycles. The highest BCUT2D eigenvalue weighted by molar-refractivity contribution is 7.99. The molecule has 19 heavy (non-hydrogen) atoms. The van der Waals surface area contributed by atoms with E-state index in [1.165, 1.54) is 0 Å². The Kier molecular flexibility index (Phi) is 6.38. The summed E-state index contributed by atoms with van der Waals surface area (Å²) in [5.41, 5.74) is 5.83. The van der Waals surface area contributed by atoms with E-state index < -0.39 is 5.54 Å². The highest BCUT2D eigenvalue weighted by Crippen LogP contribution is 2.26. The van der Waals surface area contributed by atoms with Gasteiger partial charge in [-0.3, -0.25) is 4.79 Å². The van der Waals surface area contributed by atoms with Crippen molar-refractivity contribution in [1.82, 2.24) is 5.32 Å². The average molecular weight is 280 g/mol. The third-order valence-corrected chi connectivity index (χ3v) is 4.58. The molecule has 1 amide bonds. The van der Waals surface area contributed by atoms with E-state index >= 15 is 0 Å². The third-order valence-electron chi connectivity index (χ3n) is 3.19. The summed E-state index contributed by atoms with van der Waals surface area (Å²) < 4.78 is 0. The van der Waals surface area contributed by atoms with Gasteiger partial charge in [0.25, 0.3) is 0 Å². The molecule has 1 aromatic rings. The molecular weight excluding hydrogens is 256 g/mol. The first kappa shape index (κ1) is 16.1. The van der Waals surface area contributed by atoms with E-state index in [1.807, 2.05) is 42.1 Å². The van der Waals surface area contributed by atoms with Crippen molar-refractivity contribution < 1.29 is 4.79 Å². The van der Waals surface area contributed by atoms with E-state index in [9.17, 15) is 4.79 Å². The maximum atomic E-state index is 11.9. The fourth-order valence-electron chi connectivity index (χ4n) is 2.07. The zero-order chi connectivity index (χ0) is 14.3. The molecule has 0 aliphatic carbocycles. The lowest BCUT2D eigenvalue weighted by Gasteiger charge is -2.31. The first-order valence-corrected chi connectivity index (χ1v) is 7.80. The number of hydrogen-bond acceptors (Lipinski definition) is 3. The lowest BCUT2D eigenvalue weighted by molar-refractivity contribution is -0.124. The molecule has 0 spiro atoms.